The SMILES string of the molecule is O=C(CSc1ccccc1F)NCc1ccc(C(=O)N2CCCC2)cc1. The number of carbonyl (C=O) groups is 2. The highest BCUT2D eigenvalue weighted by Gasteiger charge is 2.19. The molecule has 1 heterocycles. The molecule has 3 rings (SSSR count). The van der Waals surface area contributed by atoms with Crippen LogP contribution in [0.3, 0.4) is 0 Å². The molecule has 1 aliphatic heterocycles. The van der Waals surface area contributed by atoms with Gasteiger partial charge in [-0.1, -0.05) is 24.3 Å². The number of hydrogen-bond acceptors (Lipinski definition) is 3. The highest BCUT2D eigenvalue weighted by molar-refractivity contribution is 8.00. The Hall–Kier alpha value is -2.34. The van der Waals surface area contributed by atoms with E-state index in [-0.39, 0.29) is 23.4 Å². The second-order valence-corrected chi connectivity index (χ2v) is 7.21. The number of carbonyl (C=O) groups excluding carboxylic acids is 2. The quantitative estimate of drug-likeness (QED) is 0.790. The van der Waals surface area contributed by atoms with E-state index in [1.807, 2.05) is 17.0 Å². The van der Waals surface area contributed by atoms with Crippen molar-refractivity contribution in [3.63, 3.8) is 0 Å². The van der Waals surface area contributed by atoms with E-state index < -0.39 is 0 Å². The first-order valence-corrected chi connectivity index (χ1v) is 9.64. The van der Waals surface area contributed by atoms with Crippen LogP contribution in [0.1, 0.15) is 28.8 Å². The zero-order chi connectivity index (χ0) is 18.4. The van der Waals surface area contributed by atoms with Crippen molar-refractivity contribution in [1.82, 2.24) is 10.2 Å². The predicted molar refractivity (Wildman–Crippen MR) is 101 cm³/mol. The lowest BCUT2D eigenvalue weighted by molar-refractivity contribution is -0.118. The van der Waals surface area contributed by atoms with Crippen molar-refractivity contribution in [3.8, 4) is 0 Å². The zero-order valence-electron chi connectivity index (χ0n) is 14.4. The molecule has 0 unspecified atom stereocenters. The van der Waals surface area contributed by atoms with Crippen LogP contribution in [0.25, 0.3) is 0 Å². The maximum atomic E-state index is 13.5. The van der Waals surface area contributed by atoms with Crippen molar-refractivity contribution >= 4 is 23.6 Å². The van der Waals surface area contributed by atoms with Gasteiger partial charge in [-0.15, -0.1) is 11.8 Å². The Morgan fingerprint density at radius 1 is 1.04 bits per heavy atom. The lowest BCUT2D eigenvalue weighted by atomic mass is 10.1. The van der Waals surface area contributed by atoms with Crippen molar-refractivity contribution in [3.05, 3.63) is 65.5 Å². The normalized spacial score (nSPS) is 13.7. The number of hydrogen-bond donors (Lipinski definition) is 1. The molecule has 0 saturated carbocycles. The van der Waals surface area contributed by atoms with E-state index in [0.717, 1.165) is 31.5 Å². The van der Waals surface area contributed by atoms with Gasteiger partial charge in [0.2, 0.25) is 5.91 Å². The summed E-state index contributed by atoms with van der Waals surface area (Å²) in [4.78, 5) is 26.6. The number of likely N-dealkylation sites (tertiary alicyclic amines) is 1. The summed E-state index contributed by atoms with van der Waals surface area (Å²) in [6, 6.07) is 13.7. The molecule has 0 atom stereocenters. The summed E-state index contributed by atoms with van der Waals surface area (Å²) in [7, 11) is 0. The van der Waals surface area contributed by atoms with Gasteiger partial charge in [-0.2, -0.15) is 0 Å². The van der Waals surface area contributed by atoms with Crippen LogP contribution in [0.2, 0.25) is 0 Å². The Morgan fingerprint density at radius 3 is 2.42 bits per heavy atom. The summed E-state index contributed by atoms with van der Waals surface area (Å²) in [5, 5.41) is 2.81. The predicted octanol–water partition coefficient (Wildman–Crippen LogP) is 3.47. The molecule has 0 radical (unpaired) electrons. The van der Waals surface area contributed by atoms with Crippen molar-refractivity contribution in [2.75, 3.05) is 18.8 Å². The number of nitrogens with zero attached hydrogens (tertiary/aromatic N) is 1. The molecule has 26 heavy (non-hydrogen) atoms. The van der Waals surface area contributed by atoms with Gasteiger partial charge >= 0.3 is 0 Å². The smallest absolute Gasteiger partial charge is 0.253 e. The molecular formula is C20H21FN2O2S. The number of amides is 2. The summed E-state index contributed by atoms with van der Waals surface area (Å²) in [6.07, 6.45) is 2.14. The summed E-state index contributed by atoms with van der Waals surface area (Å²) < 4.78 is 13.5. The van der Waals surface area contributed by atoms with Crippen LogP contribution >= 0.6 is 11.8 Å². The number of benzene rings is 2. The molecule has 1 saturated heterocycles. The second-order valence-electron chi connectivity index (χ2n) is 6.19. The van der Waals surface area contributed by atoms with Gasteiger partial charge in [0, 0.05) is 30.1 Å². The van der Waals surface area contributed by atoms with E-state index in [4.69, 9.17) is 0 Å². The molecule has 4 nitrogen and oxygen atoms in total. The molecule has 2 aromatic rings. The van der Waals surface area contributed by atoms with Crippen LogP contribution in [0.15, 0.2) is 53.4 Å². The van der Waals surface area contributed by atoms with Gasteiger partial charge in [-0.3, -0.25) is 9.59 Å². The van der Waals surface area contributed by atoms with Crippen molar-refractivity contribution in [2.24, 2.45) is 0 Å². The summed E-state index contributed by atoms with van der Waals surface area (Å²) >= 11 is 1.17. The van der Waals surface area contributed by atoms with E-state index in [0.29, 0.717) is 17.0 Å². The monoisotopic (exact) mass is 372 g/mol. The van der Waals surface area contributed by atoms with Crippen molar-refractivity contribution < 1.29 is 14.0 Å². The molecule has 2 amide bonds. The first-order valence-electron chi connectivity index (χ1n) is 8.66. The second kappa shape index (κ2) is 8.85. The molecule has 0 spiro atoms. The van der Waals surface area contributed by atoms with Gasteiger partial charge < -0.3 is 10.2 Å². The van der Waals surface area contributed by atoms with E-state index in [1.165, 1.54) is 17.8 Å². The molecule has 1 fully saturated rings. The van der Waals surface area contributed by atoms with Crippen LogP contribution in [0.5, 0.6) is 0 Å². The molecule has 1 aliphatic rings. The summed E-state index contributed by atoms with van der Waals surface area (Å²) in [5.74, 6) is -0.245. The fraction of sp³-hybridized carbons (Fsp3) is 0.300. The van der Waals surface area contributed by atoms with Gasteiger partial charge in [0.05, 0.1) is 5.75 Å². The summed E-state index contributed by atoms with van der Waals surface area (Å²) in [5.41, 5.74) is 1.60. The number of rotatable bonds is 6. The van der Waals surface area contributed by atoms with E-state index in [9.17, 15) is 14.0 Å². The third kappa shape index (κ3) is 4.85. The van der Waals surface area contributed by atoms with Gasteiger partial charge in [-0.25, -0.2) is 4.39 Å². The molecular weight excluding hydrogens is 351 g/mol. The highest BCUT2D eigenvalue weighted by atomic mass is 32.2. The van der Waals surface area contributed by atoms with Gasteiger partial charge in [0.25, 0.3) is 5.91 Å². The van der Waals surface area contributed by atoms with Crippen molar-refractivity contribution in [2.45, 2.75) is 24.3 Å². The fourth-order valence-corrected chi connectivity index (χ4v) is 3.59. The first kappa shape index (κ1) is 18.5. The van der Waals surface area contributed by atoms with Crippen LogP contribution in [0, 0.1) is 5.82 Å². The molecule has 0 aromatic heterocycles. The Kier molecular flexibility index (Phi) is 6.28. The fourth-order valence-electron chi connectivity index (χ4n) is 2.82. The minimum absolute atomic E-state index is 0.0689. The zero-order valence-corrected chi connectivity index (χ0v) is 15.2. The maximum absolute atomic E-state index is 13.5. The molecule has 6 heteroatoms. The average Bonchev–Trinajstić information content (AvgIpc) is 3.20. The van der Waals surface area contributed by atoms with Gasteiger partial charge in [0.15, 0.2) is 0 Å². The van der Waals surface area contributed by atoms with E-state index >= 15 is 0 Å². The van der Waals surface area contributed by atoms with Crippen LogP contribution in [-0.2, 0) is 11.3 Å². The molecule has 1 N–H and O–H groups in total. The maximum Gasteiger partial charge on any atom is 0.253 e. The molecule has 136 valence electrons. The molecule has 2 aromatic carbocycles. The number of nitrogens with one attached hydrogen (secondary N) is 1. The van der Waals surface area contributed by atoms with Gasteiger partial charge in [-0.05, 0) is 42.7 Å². The highest BCUT2D eigenvalue weighted by Crippen LogP contribution is 2.20. The average molecular weight is 372 g/mol. The number of thioether (sulfide) groups is 1. The first-order chi connectivity index (χ1) is 12.6. The van der Waals surface area contributed by atoms with Crippen LogP contribution < -0.4 is 5.32 Å². The van der Waals surface area contributed by atoms with Crippen LogP contribution in [-0.4, -0.2) is 35.6 Å². The van der Waals surface area contributed by atoms with Crippen LogP contribution in [0.4, 0.5) is 4.39 Å². The lowest BCUT2D eigenvalue weighted by Crippen LogP contribution is -2.27. The number of halogens is 1. The Labute approximate surface area is 156 Å². The van der Waals surface area contributed by atoms with E-state index in [2.05, 4.69) is 5.32 Å². The van der Waals surface area contributed by atoms with Gasteiger partial charge in [0.1, 0.15) is 5.82 Å². The molecule has 0 aliphatic carbocycles. The Bertz CT molecular complexity index is 774. The Balaban J connectivity index is 1.46. The largest absolute Gasteiger partial charge is 0.351 e. The Morgan fingerprint density at radius 2 is 1.73 bits per heavy atom. The topological polar surface area (TPSA) is 49.4 Å². The minimum atomic E-state index is -0.316. The third-order valence-electron chi connectivity index (χ3n) is 4.28. The summed E-state index contributed by atoms with van der Waals surface area (Å²) in [6.45, 7) is 2.04. The third-order valence-corrected chi connectivity index (χ3v) is 5.33. The standard InChI is InChI=1S/C20H21FN2O2S/c21-17-5-1-2-6-18(17)26-14-19(24)22-13-15-7-9-16(10-8-15)20(25)23-11-3-4-12-23/h1-2,5-10H,3-4,11-14H2,(H,22,24). The molecule has 0 bridgehead atoms. The van der Waals surface area contributed by atoms with E-state index in [1.54, 1.807) is 30.3 Å². The van der Waals surface area contributed by atoms with Crippen molar-refractivity contribution in [1.29, 1.82) is 0 Å². The lowest BCUT2D eigenvalue weighted by Gasteiger charge is -2.15. The minimum Gasteiger partial charge on any atom is -0.351 e.